The standard InChI is InChI=1S/C25H27F2N6O2/c1-29-23-22(24(34)30(2)25(29)35)33(15-17-5-3-4-6-20(17)27)21(28-23)16-31-11-13-32(14-12-31)19-9-7-18(26)8-10-19/h3-10,22H,11-16H2,1-2H3/q+1. The average Bonchev–Trinajstić information content (AvgIpc) is 3.21. The van der Waals surface area contributed by atoms with Crippen molar-refractivity contribution in [3.8, 4) is 0 Å². The minimum absolute atomic E-state index is 0.164. The van der Waals surface area contributed by atoms with Crippen molar-refractivity contribution in [3.05, 3.63) is 65.7 Å². The van der Waals surface area contributed by atoms with E-state index in [9.17, 15) is 18.4 Å². The number of anilines is 1. The molecule has 2 aromatic carbocycles. The second kappa shape index (κ2) is 9.18. The van der Waals surface area contributed by atoms with Crippen LogP contribution in [0.15, 0.2) is 53.5 Å². The Hall–Kier alpha value is -3.66. The van der Waals surface area contributed by atoms with E-state index in [1.165, 1.54) is 30.1 Å². The zero-order chi connectivity index (χ0) is 24.7. The summed E-state index contributed by atoms with van der Waals surface area (Å²) in [5.41, 5.74) is 1.43. The zero-order valence-corrected chi connectivity index (χ0v) is 19.7. The molecule has 2 fully saturated rings. The minimum atomic E-state index is -0.780. The lowest BCUT2D eigenvalue weighted by Gasteiger charge is -2.35. The summed E-state index contributed by atoms with van der Waals surface area (Å²) >= 11 is 0. The first-order chi connectivity index (χ1) is 16.8. The molecule has 0 aliphatic carbocycles. The zero-order valence-electron chi connectivity index (χ0n) is 19.7. The van der Waals surface area contributed by atoms with Gasteiger partial charge in [0.25, 0.3) is 17.8 Å². The molecule has 0 saturated carbocycles. The quantitative estimate of drug-likeness (QED) is 0.613. The number of hydrogen-bond acceptors (Lipinski definition) is 5. The van der Waals surface area contributed by atoms with Crippen molar-refractivity contribution in [2.45, 2.75) is 12.6 Å². The highest BCUT2D eigenvalue weighted by Gasteiger charge is 2.53. The molecule has 0 radical (unpaired) electrons. The maximum atomic E-state index is 14.5. The van der Waals surface area contributed by atoms with E-state index in [1.807, 2.05) is 4.58 Å². The van der Waals surface area contributed by atoms with Crippen molar-refractivity contribution in [2.75, 3.05) is 51.7 Å². The molecule has 2 saturated heterocycles. The van der Waals surface area contributed by atoms with E-state index in [2.05, 4.69) is 9.80 Å². The molecule has 35 heavy (non-hydrogen) atoms. The van der Waals surface area contributed by atoms with Crippen molar-refractivity contribution in [3.63, 3.8) is 0 Å². The van der Waals surface area contributed by atoms with Crippen molar-refractivity contribution in [1.29, 1.82) is 0 Å². The van der Waals surface area contributed by atoms with Gasteiger partial charge in [-0.1, -0.05) is 18.2 Å². The van der Waals surface area contributed by atoms with E-state index in [0.29, 0.717) is 23.8 Å². The number of carbonyl (C=O) groups excluding carboxylic acids is 2. The molecule has 3 aliphatic rings. The molecule has 3 aliphatic heterocycles. The third-order valence-electron chi connectivity index (χ3n) is 6.84. The Bertz CT molecular complexity index is 1220. The predicted molar refractivity (Wildman–Crippen MR) is 128 cm³/mol. The summed E-state index contributed by atoms with van der Waals surface area (Å²) in [7, 11) is 3.05. The van der Waals surface area contributed by atoms with Gasteiger partial charge in [0, 0.05) is 51.5 Å². The average molecular weight is 482 g/mol. The molecule has 0 aromatic heterocycles. The maximum Gasteiger partial charge on any atom is 0.333 e. The number of nitrogens with zero attached hydrogens (tertiary/aromatic N) is 6. The Kier molecular flexibility index (Phi) is 6.06. The number of carbonyl (C=O) groups is 2. The first-order valence-corrected chi connectivity index (χ1v) is 11.6. The fourth-order valence-electron chi connectivity index (χ4n) is 4.78. The number of rotatable bonds is 5. The Morgan fingerprint density at radius 3 is 2.31 bits per heavy atom. The van der Waals surface area contributed by atoms with Crippen molar-refractivity contribution in [2.24, 2.45) is 4.99 Å². The monoisotopic (exact) mass is 481 g/mol. The van der Waals surface area contributed by atoms with Crippen LogP contribution in [-0.4, -0.2) is 95.7 Å². The number of imide groups is 1. The summed E-state index contributed by atoms with van der Waals surface area (Å²) in [6.07, 6.45) is 0. The van der Waals surface area contributed by atoms with Gasteiger partial charge in [-0.15, -0.1) is 0 Å². The fraction of sp³-hybridized carbons (Fsp3) is 0.360. The first-order valence-electron chi connectivity index (χ1n) is 11.6. The lowest BCUT2D eigenvalue weighted by molar-refractivity contribution is -0.552. The van der Waals surface area contributed by atoms with E-state index in [4.69, 9.17) is 4.99 Å². The number of aliphatic imine (C=N–C) groups is 1. The van der Waals surface area contributed by atoms with Gasteiger partial charge < -0.3 is 4.90 Å². The second-order valence-electron chi connectivity index (χ2n) is 8.99. The van der Waals surface area contributed by atoms with Crippen LogP contribution in [0.3, 0.4) is 0 Å². The lowest BCUT2D eigenvalue weighted by atomic mass is 10.1. The molecular weight excluding hydrogens is 454 g/mol. The minimum Gasteiger partial charge on any atom is -0.369 e. The second-order valence-corrected chi connectivity index (χ2v) is 8.99. The first kappa shape index (κ1) is 23.1. The fourth-order valence-corrected chi connectivity index (χ4v) is 4.78. The van der Waals surface area contributed by atoms with Crippen LogP contribution in [0, 0.1) is 11.6 Å². The van der Waals surface area contributed by atoms with Gasteiger partial charge in [0.15, 0.2) is 0 Å². The molecule has 3 amide bonds. The molecule has 5 rings (SSSR count). The predicted octanol–water partition coefficient (Wildman–Crippen LogP) is 2.00. The van der Waals surface area contributed by atoms with Gasteiger partial charge in [-0.25, -0.2) is 18.2 Å². The Morgan fingerprint density at radius 1 is 0.943 bits per heavy atom. The van der Waals surface area contributed by atoms with Crippen LogP contribution in [0.5, 0.6) is 0 Å². The van der Waals surface area contributed by atoms with Crippen LogP contribution in [0.1, 0.15) is 5.56 Å². The maximum absolute atomic E-state index is 14.5. The Morgan fingerprint density at radius 2 is 1.63 bits per heavy atom. The van der Waals surface area contributed by atoms with E-state index in [0.717, 1.165) is 36.8 Å². The molecule has 1 atom stereocenters. The summed E-state index contributed by atoms with van der Waals surface area (Å²) in [4.78, 5) is 37.2. The van der Waals surface area contributed by atoms with E-state index in [-0.39, 0.29) is 24.1 Å². The molecule has 10 heteroatoms. The lowest BCUT2D eigenvalue weighted by Crippen LogP contribution is -2.61. The number of amidine groups is 2. The summed E-state index contributed by atoms with van der Waals surface area (Å²) in [6.45, 7) is 3.62. The molecule has 0 spiro atoms. The molecule has 0 N–H and O–H groups in total. The van der Waals surface area contributed by atoms with Crippen molar-refractivity contribution < 1.29 is 22.9 Å². The van der Waals surface area contributed by atoms with Gasteiger partial charge >= 0.3 is 11.9 Å². The van der Waals surface area contributed by atoms with Gasteiger partial charge in [0.2, 0.25) is 0 Å². The van der Waals surface area contributed by atoms with E-state index in [1.54, 1.807) is 37.4 Å². The van der Waals surface area contributed by atoms with Crippen LogP contribution in [0.2, 0.25) is 0 Å². The number of urea groups is 1. The largest absolute Gasteiger partial charge is 0.369 e. The van der Waals surface area contributed by atoms with Crippen LogP contribution in [-0.2, 0) is 11.3 Å². The van der Waals surface area contributed by atoms with Gasteiger partial charge in [-0.3, -0.25) is 19.5 Å². The highest BCUT2D eigenvalue weighted by molar-refractivity contribution is 6.23. The topological polar surface area (TPSA) is 62.5 Å². The van der Waals surface area contributed by atoms with Crippen LogP contribution in [0.25, 0.3) is 0 Å². The number of benzene rings is 2. The van der Waals surface area contributed by atoms with Crippen molar-refractivity contribution in [1.82, 2.24) is 14.7 Å². The molecule has 8 nitrogen and oxygen atoms in total. The van der Waals surface area contributed by atoms with Crippen LogP contribution < -0.4 is 4.90 Å². The number of piperazine rings is 1. The number of fused-ring (bicyclic) bond motifs is 1. The van der Waals surface area contributed by atoms with Gasteiger partial charge in [0.05, 0.1) is 0 Å². The smallest absolute Gasteiger partial charge is 0.333 e. The van der Waals surface area contributed by atoms with Gasteiger partial charge in [-0.2, -0.15) is 0 Å². The Balaban J connectivity index is 1.39. The molecule has 2 aromatic rings. The van der Waals surface area contributed by atoms with Gasteiger partial charge in [0.1, 0.15) is 24.7 Å². The van der Waals surface area contributed by atoms with E-state index >= 15 is 0 Å². The molecule has 182 valence electrons. The van der Waals surface area contributed by atoms with Crippen LogP contribution in [0.4, 0.5) is 19.3 Å². The number of likely N-dealkylation sites (N-methyl/N-ethyl adjacent to an activating group) is 2. The third-order valence-corrected chi connectivity index (χ3v) is 6.84. The summed E-state index contributed by atoms with van der Waals surface area (Å²) in [5.74, 6) is 0.0129. The number of amides is 3. The van der Waals surface area contributed by atoms with E-state index < -0.39 is 12.1 Å². The van der Waals surface area contributed by atoms with Crippen LogP contribution >= 0.6 is 0 Å². The number of hydrogen-bond donors (Lipinski definition) is 0. The molecular formula is C25H27F2N6O2+. The molecule has 3 heterocycles. The highest BCUT2D eigenvalue weighted by Crippen LogP contribution is 2.23. The number of halogens is 2. The van der Waals surface area contributed by atoms with Crippen molar-refractivity contribution >= 4 is 29.3 Å². The molecule has 0 bridgehead atoms. The van der Waals surface area contributed by atoms with Gasteiger partial charge in [-0.05, 0) is 35.3 Å². The Labute approximate surface area is 202 Å². The molecule has 1 unspecified atom stereocenters. The SMILES string of the molecule is CN1C(=O)C2C(=NC(CN3CCN(c4ccc(F)cc4)CC3)=[N+]2Cc2ccccc2F)N(C)C1=O. The summed E-state index contributed by atoms with van der Waals surface area (Å²) in [5, 5.41) is 0. The third kappa shape index (κ3) is 4.29. The summed E-state index contributed by atoms with van der Waals surface area (Å²) < 4.78 is 29.6. The normalized spacial score (nSPS) is 21.1. The summed E-state index contributed by atoms with van der Waals surface area (Å²) in [6, 6.07) is 11.7. The highest BCUT2D eigenvalue weighted by atomic mass is 19.1.